The van der Waals surface area contributed by atoms with Gasteiger partial charge in [0, 0.05) is 15.8 Å². The molecule has 0 aromatic carbocycles. The van der Waals surface area contributed by atoms with Gasteiger partial charge in [-0.1, -0.05) is 6.42 Å². The number of halogens is 1. The van der Waals surface area contributed by atoms with Crippen molar-refractivity contribution in [2.24, 2.45) is 5.41 Å². The molecule has 0 saturated heterocycles. The van der Waals surface area contributed by atoms with Crippen molar-refractivity contribution in [1.29, 1.82) is 5.26 Å². The summed E-state index contributed by atoms with van der Waals surface area (Å²) in [6, 6.07) is 4.53. The van der Waals surface area contributed by atoms with Crippen molar-refractivity contribution in [1.82, 2.24) is 0 Å². The lowest BCUT2D eigenvalue weighted by atomic mass is 9.67. The number of nitrogens with zero attached hydrogens (tertiary/aromatic N) is 1. The summed E-state index contributed by atoms with van der Waals surface area (Å²) in [5.41, 5.74) is -0.0344. The zero-order valence-electron chi connectivity index (χ0n) is 7.22. The highest BCUT2D eigenvalue weighted by atomic mass is 79.9. The van der Waals surface area contributed by atoms with Gasteiger partial charge in [-0.2, -0.15) is 5.26 Å². The van der Waals surface area contributed by atoms with Gasteiger partial charge in [-0.15, -0.1) is 11.3 Å². The van der Waals surface area contributed by atoms with E-state index in [9.17, 15) is 0 Å². The molecule has 0 aliphatic heterocycles. The van der Waals surface area contributed by atoms with Crippen LogP contribution in [0.15, 0.2) is 15.9 Å². The smallest absolute Gasteiger partial charge is 0.0693 e. The Morgan fingerprint density at radius 2 is 2.38 bits per heavy atom. The SMILES string of the molecule is N#CC1(Cc2sccc2Br)CCC1. The van der Waals surface area contributed by atoms with Crippen LogP contribution in [0, 0.1) is 16.7 Å². The first-order valence-corrected chi connectivity index (χ1v) is 6.06. The normalized spacial score (nSPS) is 19.1. The van der Waals surface area contributed by atoms with E-state index in [1.807, 2.05) is 0 Å². The molecule has 0 unspecified atom stereocenters. The van der Waals surface area contributed by atoms with Crippen LogP contribution in [0.4, 0.5) is 0 Å². The van der Waals surface area contributed by atoms with E-state index < -0.39 is 0 Å². The van der Waals surface area contributed by atoms with E-state index in [1.165, 1.54) is 15.8 Å². The molecule has 1 aromatic heterocycles. The fourth-order valence-corrected chi connectivity index (χ4v) is 3.33. The highest BCUT2D eigenvalue weighted by molar-refractivity contribution is 9.10. The fourth-order valence-electron chi connectivity index (χ4n) is 1.69. The third-order valence-corrected chi connectivity index (χ3v) is 4.66. The summed E-state index contributed by atoms with van der Waals surface area (Å²) in [6.45, 7) is 0. The molecule has 1 nitrogen and oxygen atoms in total. The summed E-state index contributed by atoms with van der Waals surface area (Å²) in [4.78, 5) is 1.32. The van der Waals surface area contributed by atoms with Crippen molar-refractivity contribution >= 4 is 27.3 Å². The van der Waals surface area contributed by atoms with Gasteiger partial charge in [0.05, 0.1) is 11.5 Å². The Kier molecular flexibility index (Phi) is 2.44. The second kappa shape index (κ2) is 3.43. The minimum Gasteiger partial charge on any atom is -0.198 e. The molecule has 1 fully saturated rings. The number of rotatable bonds is 2. The summed E-state index contributed by atoms with van der Waals surface area (Å²) in [7, 11) is 0. The van der Waals surface area contributed by atoms with E-state index in [2.05, 4.69) is 33.4 Å². The summed E-state index contributed by atoms with van der Waals surface area (Å²) in [5, 5.41) is 11.1. The molecule has 2 rings (SSSR count). The summed E-state index contributed by atoms with van der Waals surface area (Å²) in [6.07, 6.45) is 4.31. The lowest BCUT2D eigenvalue weighted by molar-refractivity contribution is 0.215. The largest absolute Gasteiger partial charge is 0.198 e. The first-order valence-electron chi connectivity index (χ1n) is 4.39. The number of hydrogen-bond donors (Lipinski definition) is 0. The molecule has 1 aliphatic rings. The van der Waals surface area contributed by atoms with E-state index in [0.29, 0.717) is 0 Å². The molecule has 0 radical (unpaired) electrons. The average molecular weight is 256 g/mol. The van der Waals surface area contributed by atoms with E-state index in [0.717, 1.165) is 19.3 Å². The van der Waals surface area contributed by atoms with Crippen LogP contribution in [-0.4, -0.2) is 0 Å². The van der Waals surface area contributed by atoms with Crippen molar-refractivity contribution < 1.29 is 0 Å². The second-order valence-electron chi connectivity index (χ2n) is 3.61. The quantitative estimate of drug-likeness (QED) is 0.790. The summed E-state index contributed by atoms with van der Waals surface area (Å²) < 4.78 is 1.17. The van der Waals surface area contributed by atoms with Crippen LogP contribution >= 0.6 is 27.3 Å². The van der Waals surface area contributed by atoms with Gasteiger partial charge in [-0.05, 0) is 40.2 Å². The maximum absolute atomic E-state index is 9.07. The van der Waals surface area contributed by atoms with Gasteiger partial charge in [0.15, 0.2) is 0 Å². The predicted molar refractivity (Wildman–Crippen MR) is 57.6 cm³/mol. The van der Waals surface area contributed by atoms with E-state index in [1.54, 1.807) is 11.3 Å². The van der Waals surface area contributed by atoms with Crippen LogP contribution in [0.5, 0.6) is 0 Å². The molecule has 1 saturated carbocycles. The van der Waals surface area contributed by atoms with Crippen LogP contribution in [0.2, 0.25) is 0 Å². The van der Waals surface area contributed by atoms with E-state index in [4.69, 9.17) is 5.26 Å². The van der Waals surface area contributed by atoms with Crippen LogP contribution < -0.4 is 0 Å². The molecular formula is C10H10BrNS. The molecular weight excluding hydrogens is 246 g/mol. The Labute approximate surface area is 90.5 Å². The molecule has 0 amide bonds. The number of hydrogen-bond acceptors (Lipinski definition) is 2. The molecule has 13 heavy (non-hydrogen) atoms. The van der Waals surface area contributed by atoms with Crippen molar-refractivity contribution in [2.45, 2.75) is 25.7 Å². The molecule has 68 valence electrons. The van der Waals surface area contributed by atoms with E-state index in [-0.39, 0.29) is 5.41 Å². The maximum atomic E-state index is 9.07. The fraction of sp³-hybridized carbons (Fsp3) is 0.500. The van der Waals surface area contributed by atoms with Gasteiger partial charge >= 0.3 is 0 Å². The molecule has 3 heteroatoms. The standard InChI is InChI=1S/C10H10BrNS/c11-8-2-5-13-9(8)6-10(7-12)3-1-4-10/h2,5H,1,3-4,6H2. The van der Waals surface area contributed by atoms with Gasteiger partial charge in [-0.25, -0.2) is 0 Å². The van der Waals surface area contributed by atoms with Crippen molar-refractivity contribution in [3.63, 3.8) is 0 Å². The first kappa shape index (κ1) is 9.23. The van der Waals surface area contributed by atoms with Crippen LogP contribution in [0.3, 0.4) is 0 Å². The molecule has 1 heterocycles. The van der Waals surface area contributed by atoms with Gasteiger partial charge in [-0.3, -0.25) is 0 Å². The van der Waals surface area contributed by atoms with Gasteiger partial charge in [0.25, 0.3) is 0 Å². The van der Waals surface area contributed by atoms with Crippen LogP contribution in [-0.2, 0) is 6.42 Å². The average Bonchev–Trinajstić information content (AvgIpc) is 2.44. The highest BCUT2D eigenvalue weighted by Gasteiger charge is 2.37. The topological polar surface area (TPSA) is 23.8 Å². The lowest BCUT2D eigenvalue weighted by Gasteiger charge is -2.34. The second-order valence-corrected chi connectivity index (χ2v) is 5.47. The molecule has 0 bridgehead atoms. The number of thiophene rings is 1. The van der Waals surface area contributed by atoms with Crippen molar-refractivity contribution in [3.05, 3.63) is 20.8 Å². The Balaban J connectivity index is 2.14. The molecule has 1 aliphatic carbocycles. The summed E-state index contributed by atoms with van der Waals surface area (Å²) >= 11 is 5.25. The third kappa shape index (κ3) is 1.66. The van der Waals surface area contributed by atoms with Crippen molar-refractivity contribution in [3.8, 4) is 6.07 Å². The molecule has 0 spiro atoms. The molecule has 0 N–H and O–H groups in total. The number of nitriles is 1. The van der Waals surface area contributed by atoms with Gasteiger partial charge in [0.1, 0.15) is 0 Å². The highest BCUT2D eigenvalue weighted by Crippen LogP contribution is 2.44. The van der Waals surface area contributed by atoms with Crippen LogP contribution in [0.1, 0.15) is 24.1 Å². The minimum absolute atomic E-state index is 0.0344. The van der Waals surface area contributed by atoms with Crippen LogP contribution in [0.25, 0.3) is 0 Å². The Bertz CT molecular complexity index is 346. The summed E-state index contributed by atoms with van der Waals surface area (Å²) in [5.74, 6) is 0. The third-order valence-electron chi connectivity index (χ3n) is 2.74. The monoisotopic (exact) mass is 255 g/mol. The zero-order valence-corrected chi connectivity index (χ0v) is 9.62. The van der Waals surface area contributed by atoms with Gasteiger partial charge < -0.3 is 0 Å². The Morgan fingerprint density at radius 1 is 1.62 bits per heavy atom. The Morgan fingerprint density at radius 3 is 2.77 bits per heavy atom. The van der Waals surface area contributed by atoms with Gasteiger partial charge in [0.2, 0.25) is 0 Å². The zero-order chi connectivity index (χ0) is 9.31. The molecule has 1 aromatic rings. The van der Waals surface area contributed by atoms with Crippen molar-refractivity contribution in [2.75, 3.05) is 0 Å². The predicted octanol–water partition coefficient (Wildman–Crippen LogP) is 3.75. The maximum Gasteiger partial charge on any atom is 0.0693 e. The lowest BCUT2D eigenvalue weighted by Crippen LogP contribution is -2.29. The Hall–Kier alpha value is -0.330. The first-order chi connectivity index (χ1) is 6.26. The minimum atomic E-state index is -0.0344. The van der Waals surface area contributed by atoms with E-state index >= 15 is 0 Å². The molecule has 0 atom stereocenters.